The quantitative estimate of drug-likeness (QED) is 0.572. The number of anilines is 1. The van der Waals surface area contributed by atoms with Crippen LogP contribution in [0.25, 0.3) is 0 Å². The molecule has 25 heavy (non-hydrogen) atoms. The summed E-state index contributed by atoms with van der Waals surface area (Å²) < 4.78 is 7.48. The number of amides is 1. The zero-order valence-corrected chi connectivity index (χ0v) is 16.4. The van der Waals surface area contributed by atoms with E-state index in [2.05, 4.69) is 10.1 Å². The molecule has 138 valence electrons. The summed E-state index contributed by atoms with van der Waals surface area (Å²) in [5.41, 5.74) is 1.30. The molecule has 1 aromatic heterocycles. The van der Waals surface area contributed by atoms with Crippen molar-refractivity contribution in [2.45, 2.75) is 36.4 Å². The van der Waals surface area contributed by atoms with Crippen LogP contribution in [0, 0.1) is 0 Å². The van der Waals surface area contributed by atoms with Gasteiger partial charge in [0, 0.05) is 4.88 Å². The molecular weight excluding hydrogens is 413 g/mol. The summed E-state index contributed by atoms with van der Waals surface area (Å²) in [5, 5.41) is 2.98. The van der Waals surface area contributed by atoms with Crippen LogP contribution in [0.2, 0.25) is 0 Å². The first-order valence-electron chi connectivity index (χ1n) is 7.59. The Morgan fingerprint density at radius 3 is 2.48 bits per heavy atom. The summed E-state index contributed by atoms with van der Waals surface area (Å²) in [7, 11) is 0. The molecule has 0 saturated heterocycles. The number of carbonyl (C=O) groups is 3. The third-order valence-electron chi connectivity index (χ3n) is 3.47. The van der Waals surface area contributed by atoms with Crippen LogP contribution in [0.3, 0.4) is 0 Å². The van der Waals surface area contributed by atoms with Gasteiger partial charge in [-0.3, -0.25) is 4.79 Å². The molecular formula is C15H16Cl3NO5S. The number of hydrogen-bond acceptors (Lipinski definition) is 6. The largest absolute Gasteiger partial charge is 0.462 e. The smallest absolute Gasteiger partial charge is 0.359 e. The van der Waals surface area contributed by atoms with Gasteiger partial charge in [-0.1, -0.05) is 34.8 Å². The molecule has 6 nitrogen and oxygen atoms in total. The van der Waals surface area contributed by atoms with Crippen LogP contribution in [0.5, 0.6) is 0 Å². The van der Waals surface area contributed by atoms with E-state index in [4.69, 9.17) is 39.5 Å². The Hall–Kier alpha value is -1.02. The highest BCUT2D eigenvalue weighted by molar-refractivity contribution is 7.17. The number of halogens is 3. The summed E-state index contributed by atoms with van der Waals surface area (Å²) in [6.07, 6.45) is 3.62. The van der Waals surface area contributed by atoms with Crippen molar-refractivity contribution in [1.29, 1.82) is 0 Å². The third-order valence-corrected chi connectivity index (χ3v) is 5.14. The number of esters is 2. The zero-order chi connectivity index (χ0) is 18.6. The van der Waals surface area contributed by atoms with Crippen LogP contribution in [-0.2, 0) is 31.9 Å². The van der Waals surface area contributed by atoms with E-state index in [0.717, 1.165) is 36.1 Å². The molecule has 0 atom stereocenters. The minimum absolute atomic E-state index is 0.234. The summed E-state index contributed by atoms with van der Waals surface area (Å²) in [6, 6.07) is 0. The van der Waals surface area contributed by atoms with Gasteiger partial charge in [-0.05, 0) is 38.2 Å². The SMILES string of the molecule is CCOC(=O)c1c(NC(=O)COC(=O)C(Cl)(Cl)Cl)sc2c1CCCC2. The number of fused-ring (bicyclic) bond motifs is 1. The van der Waals surface area contributed by atoms with E-state index in [9.17, 15) is 14.4 Å². The highest BCUT2D eigenvalue weighted by atomic mass is 35.6. The van der Waals surface area contributed by atoms with Gasteiger partial charge in [-0.2, -0.15) is 0 Å². The van der Waals surface area contributed by atoms with Crippen molar-refractivity contribution < 1.29 is 23.9 Å². The second kappa shape index (κ2) is 8.58. The Morgan fingerprint density at radius 2 is 1.84 bits per heavy atom. The highest BCUT2D eigenvalue weighted by Gasteiger charge is 2.33. The molecule has 1 amide bonds. The van der Waals surface area contributed by atoms with Crippen molar-refractivity contribution in [3.63, 3.8) is 0 Å². The second-order valence-corrected chi connectivity index (χ2v) is 8.64. The third kappa shape index (κ3) is 5.23. The molecule has 2 rings (SSSR count). The lowest BCUT2D eigenvalue weighted by molar-refractivity contribution is -0.146. The van der Waals surface area contributed by atoms with Gasteiger partial charge in [-0.25, -0.2) is 9.59 Å². The molecule has 0 saturated carbocycles. The van der Waals surface area contributed by atoms with Gasteiger partial charge < -0.3 is 14.8 Å². The Labute approximate surface area is 163 Å². The van der Waals surface area contributed by atoms with Crippen LogP contribution >= 0.6 is 46.1 Å². The topological polar surface area (TPSA) is 81.7 Å². The molecule has 1 aliphatic carbocycles. The molecule has 0 fully saturated rings. The number of aryl methyl sites for hydroxylation is 1. The van der Waals surface area contributed by atoms with Gasteiger partial charge in [0.25, 0.3) is 9.70 Å². The number of nitrogens with one attached hydrogen (secondary N) is 1. The van der Waals surface area contributed by atoms with E-state index in [1.54, 1.807) is 6.92 Å². The number of carbonyl (C=O) groups excluding carboxylic acids is 3. The minimum atomic E-state index is -2.25. The van der Waals surface area contributed by atoms with Crippen LogP contribution < -0.4 is 5.32 Å². The monoisotopic (exact) mass is 427 g/mol. The number of alkyl halides is 3. The first-order chi connectivity index (χ1) is 11.7. The normalized spacial score (nSPS) is 13.8. The second-order valence-electron chi connectivity index (χ2n) is 5.26. The van der Waals surface area contributed by atoms with Gasteiger partial charge in [0.2, 0.25) is 0 Å². The zero-order valence-electron chi connectivity index (χ0n) is 13.3. The van der Waals surface area contributed by atoms with E-state index in [1.807, 2.05) is 0 Å². The van der Waals surface area contributed by atoms with Gasteiger partial charge in [0.05, 0.1) is 12.2 Å². The lowest BCUT2D eigenvalue weighted by Crippen LogP contribution is -2.27. The van der Waals surface area contributed by atoms with Crippen LogP contribution in [0.15, 0.2) is 0 Å². The van der Waals surface area contributed by atoms with E-state index < -0.39 is 28.2 Å². The average molecular weight is 429 g/mol. The molecule has 0 unspecified atom stereocenters. The average Bonchev–Trinajstić information content (AvgIpc) is 2.89. The fraction of sp³-hybridized carbons (Fsp3) is 0.533. The first-order valence-corrected chi connectivity index (χ1v) is 9.54. The maximum Gasteiger partial charge on any atom is 0.359 e. The van der Waals surface area contributed by atoms with E-state index >= 15 is 0 Å². The summed E-state index contributed by atoms with van der Waals surface area (Å²) in [5.74, 6) is -2.26. The predicted molar refractivity (Wildman–Crippen MR) is 96.8 cm³/mol. The van der Waals surface area contributed by atoms with Crippen LogP contribution in [-0.4, -0.2) is 34.9 Å². The van der Waals surface area contributed by atoms with E-state index in [1.165, 1.54) is 11.3 Å². The van der Waals surface area contributed by atoms with Crippen molar-refractivity contribution in [3.8, 4) is 0 Å². The Kier molecular flexibility index (Phi) is 6.96. The fourth-order valence-corrected chi connectivity index (χ4v) is 3.91. The maximum absolute atomic E-state index is 12.3. The van der Waals surface area contributed by atoms with Gasteiger partial charge >= 0.3 is 11.9 Å². The molecule has 0 bridgehead atoms. The van der Waals surface area contributed by atoms with Crippen molar-refractivity contribution >= 4 is 69.0 Å². The lowest BCUT2D eigenvalue weighted by atomic mass is 9.95. The molecule has 0 aliphatic heterocycles. The van der Waals surface area contributed by atoms with E-state index in [-0.39, 0.29) is 6.61 Å². The molecule has 1 aromatic rings. The minimum Gasteiger partial charge on any atom is -0.462 e. The van der Waals surface area contributed by atoms with Gasteiger partial charge in [-0.15, -0.1) is 11.3 Å². The van der Waals surface area contributed by atoms with Crippen molar-refractivity contribution in [3.05, 3.63) is 16.0 Å². The van der Waals surface area contributed by atoms with Gasteiger partial charge in [0.1, 0.15) is 5.00 Å². The standard InChI is InChI=1S/C15H16Cl3NO5S/c1-2-23-13(21)11-8-5-3-4-6-9(8)25-12(11)19-10(20)7-24-14(22)15(16,17)18/h2-7H2,1H3,(H,19,20). The number of thiophene rings is 1. The predicted octanol–water partition coefficient (Wildman–Crippen LogP) is 3.66. The van der Waals surface area contributed by atoms with Crippen molar-refractivity contribution in [2.75, 3.05) is 18.5 Å². The van der Waals surface area contributed by atoms with Crippen molar-refractivity contribution in [2.24, 2.45) is 0 Å². The summed E-state index contributed by atoms with van der Waals surface area (Å²) >= 11 is 17.4. The van der Waals surface area contributed by atoms with Crippen molar-refractivity contribution in [1.82, 2.24) is 0 Å². The molecule has 1 heterocycles. The van der Waals surface area contributed by atoms with E-state index in [0.29, 0.717) is 10.6 Å². The van der Waals surface area contributed by atoms with Crippen LogP contribution in [0.4, 0.5) is 5.00 Å². The molecule has 0 radical (unpaired) electrons. The Bertz CT molecular complexity index is 683. The molecule has 0 aromatic carbocycles. The summed E-state index contributed by atoms with van der Waals surface area (Å²) in [4.78, 5) is 36.7. The Morgan fingerprint density at radius 1 is 1.16 bits per heavy atom. The summed E-state index contributed by atoms with van der Waals surface area (Å²) in [6.45, 7) is 1.32. The Balaban J connectivity index is 2.13. The van der Waals surface area contributed by atoms with Crippen LogP contribution in [0.1, 0.15) is 40.6 Å². The highest BCUT2D eigenvalue weighted by Crippen LogP contribution is 2.38. The van der Waals surface area contributed by atoms with Gasteiger partial charge in [0.15, 0.2) is 6.61 Å². The maximum atomic E-state index is 12.3. The fourth-order valence-electron chi connectivity index (χ4n) is 2.45. The lowest BCUT2D eigenvalue weighted by Gasteiger charge is -2.12. The first kappa shape index (κ1) is 20.3. The molecule has 0 spiro atoms. The molecule has 10 heteroatoms. The number of rotatable bonds is 5. The number of ether oxygens (including phenoxy) is 2. The number of hydrogen-bond donors (Lipinski definition) is 1. The molecule has 1 N–H and O–H groups in total. The molecule has 1 aliphatic rings.